The Morgan fingerprint density at radius 2 is 1.86 bits per heavy atom. The first-order valence-electron chi connectivity index (χ1n) is 9.82. The van der Waals surface area contributed by atoms with Crippen molar-refractivity contribution in [2.24, 2.45) is 13.0 Å². The molecule has 0 unspecified atom stereocenters. The fourth-order valence-electron chi connectivity index (χ4n) is 3.71. The Hall–Kier alpha value is -2.45. The van der Waals surface area contributed by atoms with Gasteiger partial charge in [-0.1, -0.05) is 0 Å². The summed E-state index contributed by atoms with van der Waals surface area (Å²) < 4.78 is 1.62. The molecule has 2 heterocycles. The van der Waals surface area contributed by atoms with E-state index in [0.717, 1.165) is 38.4 Å². The highest BCUT2D eigenvalue weighted by Crippen LogP contribution is 2.29. The molecule has 1 aromatic carbocycles. The van der Waals surface area contributed by atoms with Crippen molar-refractivity contribution in [3.05, 3.63) is 46.1 Å². The number of aromatic nitrogens is 2. The molecule has 156 valence electrons. The summed E-state index contributed by atoms with van der Waals surface area (Å²) in [5.74, 6) is 0.835. The second kappa shape index (κ2) is 8.92. The summed E-state index contributed by atoms with van der Waals surface area (Å²) in [7, 11) is 1.78. The average molecular weight is 420 g/mol. The number of hydrogen-bond acceptors (Lipinski definition) is 5. The number of hydrogen-bond donors (Lipinski definition) is 1. The number of nitro groups is 1. The molecular formula is C20H26ClN5O3. The summed E-state index contributed by atoms with van der Waals surface area (Å²) in [6.07, 6.45) is 6.35. The van der Waals surface area contributed by atoms with E-state index in [4.69, 9.17) is 0 Å². The molecule has 8 nitrogen and oxygen atoms in total. The van der Waals surface area contributed by atoms with Crippen molar-refractivity contribution in [2.75, 3.05) is 19.6 Å². The SMILES string of the molecule is Cl.Cn1cc(C(=O)N2CCC(NCC3CC3)CC2)c(-c2ccc([N+](=O)[O-])cc2)n1. The lowest BCUT2D eigenvalue weighted by Gasteiger charge is -2.32. The number of benzene rings is 1. The van der Waals surface area contributed by atoms with Gasteiger partial charge in [0.2, 0.25) is 0 Å². The van der Waals surface area contributed by atoms with Crippen molar-refractivity contribution in [2.45, 2.75) is 31.7 Å². The number of non-ortho nitro benzene ring substituents is 1. The molecule has 29 heavy (non-hydrogen) atoms. The number of rotatable bonds is 6. The Bertz CT molecular complexity index is 871. The van der Waals surface area contributed by atoms with Crippen molar-refractivity contribution in [1.29, 1.82) is 0 Å². The number of aryl methyl sites for hydroxylation is 1. The fraction of sp³-hybridized carbons (Fsp3) is 0.500. The largest absolute Gasteiger partial charge is 0.338 e. The summed E-state index contributed by atoms with van der Waals surface area (Å²) in [6.45, 7) is 2.57. The quantitative estimate of drug-likeness (QED) is 0.573. The summed E-state index contributed by atoms with van der Waals surface area (Å²) in [5.41, 5.74) is 1.83. The van der Waals surface area contributed by atoms with Gasteiger partial charge in [-0.3, -0.25) is 19.6 Å². The molecule has 1 amide bonds. The molecular weight excluding hydrogens is 394 g/mol. The average Bonchev–Trinajstić information content (AvgIpc) is 3.46. The van der Waals surface area contributed by atoms with E-state index in [-0.39, 0.29) is 24.0 Å². The van der Waals surface area contributed by atoms with E-state index in [1.165, 1.54) is 25.0 Å². The number of carbonyl (C=O) groups excluding carboxylic acids is 1. The molecule has 1 saturated carbocycles. The van der Waals surface area contributed by atoms with Crippen molar-refractivity contribution in [1.82, 2.24) is 20.0 Å². The molecule has 1 aliphatic carbocycles. The number of nitrogens with one attached hydrogen (secondary N) is 1. The van der Waals surface area contributed by atoms with Gasteiger partial charge in [-0.25, -0.2) is 0 Å². The third-order valence-corrected chi connectivity index (χ3v) is 5.59. The van der Waals surface area contributed by atoms with Crippen molar-refractivity contribution >= 4 is 24.0 Å². The third-order valence-electron chi connectivity index (χ3n) is 5.59. The molecule has 1 N–H and O–H groups in total. The summed E-state index contributed by atoms with van der Waals surface area (Å²) >= 11 is 0. The maximum absolute atomic E-state index is 13.1. The van der Waals surface area contributed by atoms with Crippen LogP contribution in [0, 0.1) is 16.0 Å². The van der Waals surface area contributed by atoms with Crippen molar-refractivity contribution in [3.8, 4) is 11.3 Å². The normalized spacial score (nSPS) is 17.1. The van der Waals surface area contributed by atoms with Crippen LogP contribution in [0.1, 0.15) is 36.0 Å². The highest BCUT2D eigenvalue weighted by Gasteiger charge is 2.28. The number of nitro benzene ring substituents is 1. The zero-order valence-corrected chi connectivity index (χ0v) is 17.2. The van der Waals surface area contributed by atoms with Gasteiger partial charge in [-0.2, -0.15) is 5.10 Å². The van der Waals surface area contributed by atoms with Crippen LogP contribution < -0.4 is 5.32 Å². The lowest BCUT2D eigenvalue weighted by atomic mass is 10.0. The van der Waals surface area contributed by atoms with Gasteiger partial charge in [0, 0.05) is 50.1 Å². The smallest absolute Gasteiger partial charge is 0.269 e. The number of halogens is 1. The van der Waals surface area contributed by atoms with Crippen molar-refractivity contribution < 1.29 is 9.72 Å². The Balaban J connectivity index is 0.00000240. The van der Waals surface area contributed by atoms with Gasteiger partial charge in [0.05, 0.1) is 10.5 Å². The standard InChI is InChI=1S/C20H25N5O3.ClH/c1-23-13-18(19(22-23)15-4-6-17(7-5-15)25(27)28)20(26)24-10-8-16(9-11-24)21-12-14-2-3-14;/h4-7,13-14,16,21H,2-3,8-12H2,1H3;1H. The van der Waals surface area contributed by atoms with E-state index in [2.05, 4.69) is 10.4 Å². The predicted molar refractivity (Wildman–Crippen MR) is 112 cm³/mol. The first kappa shape index (κ1) is 21.3. The van der Waals surface area contributed by atoms with E-state index in [9.17, 15) is 14.9 Å². The lowest BCUT2D eigenvalue weighted by molar-refractivity contribution is -0.384. The van der Waals surface area contributed by atoms with Crippen LogP contribution in [0.3, 0.4) is 0 Å². The molecule has 0 radical (unpaired) electrons. The zero-order valence-electron chi connectivity index (χ0n) is 16.4. The van der Waals surface area contributed by atoms with E-state index in [1.54, 1.807) is 30.1 Å². The molecule has 0 bridgehead atoms. The van der Waals surface area contributed by atoms with Crippen LogP contribution in [0.2, 0.25) is 0 Å². The molecule has 9 heteroatoms. The second-order valence-corrected chi connectivity index (χ2v) is 7.79. The van der Waals surface area contributed by atoms with Crippen molar-refractivity contribution in [3.63, 3.8) is 0 Å². The van der Waals surface area contributed by atoms with E-state index < -0.39 is 4.92 Å². The van der Waals surface area contributed by atoms with Gasteiger partial charge in [0.1, 0.15) is 5.69 Å². The van der Waals surface area contributed by atoms with Crippen LogP contribution in [-0.4, -0.2) is 51.2 Å². The van der Waals surface area contributed by atoms with Crippen LogP contribution >= 0.6 is 12.4 Å². The van der Waals surface area contributed by atoms with E-state index in [1.807, 2.05) is 4.90 Å². The number of nitrogens with zero attached hydrogens (tertiary/aromatic N) is 4. The number of carbonyl (C=O) groups is 1. The number of piperidine rings is 1. The zero-order chi connectivity index (χ0) is 19.7. The minimum absolute atomic E-state index is 0. The van der Waals surface area contributed by atoms with Gasteiger partial charge in [0.25, 0.3) is 11.6 Å². The van der Waals surface area contributed by atoms with Gasteiger partial charge >= 0.3 is 0 Å². The third kappa shape index (κ3) is 4.94. The van der Waals surface area contributed by atoms with Crippen LogP contribution in [0.15, 0.2) is 30.5 Å². The van der Waals surface area contributed by atoms with E-state index in [0.29, 0.717) is 22.9 Å². The first-order valence-corrected chi connectivity index (χ1v) is 9.82. The highest BCUT2D eigenvalue weighted by atomic mass is 35.5. The summed E-state index contributed by atoms with van der Waals surface area (Å²) in [6, 6.07) is 6.66. The highest BCUT2D eigenvalue weighted by molar-refractivity contribution is 5.99. The Labute approximate surface area is 175 Å². The van der Waals surface area contributed by atoms with Crippen LogP contribution in [0.5, 0.6) is 0 Å². The predicted octanol–water partition coefficient (Wildman–Crippen LogP) is 3.02. The topological polar surface area (TPSA) is 93.3 Å². The summed E-state index contributed by atoms with van der Waals surface area (Å²) in [4.78, 5) is 25.4. The first-order chi connectivity index (χ1) is 13.5. The fourth-order valence-corrected chi connectivity index (χ4v) is 3.71. The van der Waals surface area contributed by atoms with Crippen LogP contribution in [0.25, 0.3) is 11.3 Å². The van der Waals surface area contributed by atoms with Gasteiger partial charge in [-0.15, -0.1) is 12.4 Å². The minimum Gasteiger partial charge on any atom is -0.338 e. The van der Waals surface area contributed by atoms with Gasteiger partial charge < -0.3 is 10.2 Å². The maximum Gasteiger partial charge on any atom is 0.269 e. The van der Waals surface area contributed by atoms with Crippen LogP contribution in [0.4, 0.5) is 5.69 Å². The summed E-state index contributed by atoms with van der Waals surface area (Å²) in [5, 5.41) is 18.9. The molecule has 2 fully saturated rings. The Morgan fingerprint density at radius 3 is 2.45 bits per heavy atom. The molecule has 1 aromatic heterocycles. The maximum atomic E-state index is 13.1. The number of amides is 1. The second-order valence-electron chi connectivity index (χ2n) is 7.79. The molecule has 1 saturated heterocycles. The Kier molecular flexibility index (Phi) is 6.54. The molecule has 4 rings (SSSR count). The van der Waals surface area contributed by atoms with Gasteiger partial charge in [-0.05, 0) is 50.3 Å². The number of likely N-dealkylation sites (tertiary alicyclic amines) is 1. The molecule has 0 spiro atoms. The van der Waals surface area contributed by atoms with Gasteiger partial charge in [0.15, 0.2) is 0 Å². The minimum atomic E-state index is -0.435. The van der Waals surface area contributed by atoms with E-state index >= 15 is 0 Å². The monoisotopic (exact) mass is 419 g/mol. The molecule has 2 aliphatic rings. The molecule has 0 atom stereocenters. The Morgan fingerprint density at radius 1 is 1.21 bits per heavy atom. The molecule has 1 aliphatic heterocycles. The van der Waals surface area contributed by atoms with Crippen LogP contribution in [-0.2, 0) is 7.05 Å². The lowest BCUT2D eigenvalue weighted by Crippen LogP contribution is -2.45. The molecule has 2 aromatic rings.